The third-order valence-electron chi connectivity index (χ3n) is 4.17. The lowest BCUT2D eigenvalue weighted by molar-refractivity contribution is -0.385. The van der Waals surface area contributed by atoms with Gasteiger partial charge in [0.25, 0.3) is 5.69 Å². The molecule has 1 fully saturated rings. The van der Waals surface area contributed by atoms with E-state index in [0.717, 1.165) is 17.3 Å². The van der Waals surface area contributed by atoms with Crippen LogP contribution < -0.4 is 10.6 Å². The zero-order chi connectivity index (χ0) is 18.7. The number of aryl methyl sites for hydroxylation is 1. The Morgan fingerprint density at radius 1 is 1.15 bits per heavy atom. The van der Waals surface area contributed by atoms with Crippen LogP contribution in [0.25, 0.3) is 0 Å². The molecule has 2 aromatic carbocycles. The summed E-state index contributed by atoms with van der Waals surface area (Å²) in [6.07, 6.45) is 0. The second kappa shape index (κ2) is 7.40. The Hall–Kier alpha value is -2.49. The molecule has 0 radical (unpaired) electrons. The van der Waals surface area contributed by atoms with Crippen molar-refractivity contribution in [3.8, 4) is 0 Å². The molecule has 1 aliphatic heterocycles. The summed E-state index contributed by atoms with van der Waals surface area (Å²) in [5.74, 6) is 0. The maximum absolute atomic E-state index is 13.1. The van der Waals surface area contributed by atoms with E-state index in [1.807, 2.05) is 31.2 Å². The van der Waals surface area contributed by atoms with E-state index in [0.29, 0.717) is 31.9 Å². The lowest BCUT2D eigenvalue weighted by Gasteiger charge is -2.27. The zero-order valence-electron chi connectivity index (χ0n) is 14.3. The molecule has 0 atom stereocenters. The minimum atomic E-state index is -3.85. The highest BCUT2D eigenvalue weighted by molar-refractivity contribution is 7.89. The maximum atomic E-state index is 13.1. The average molecular weight is 376 g/mol. The van der Waals surface area contributed by atoms with Crippen LogP contribution in [0.3, 0.4) is 0 Å². The van der Waals surface area contributed by atoms with Gasteiger partial charge in [0.1, 0.15) is 4.90 Å². The van der Waals surface area contributed by atoms with Crippen molar-refractivity contribution in [3.05, 3.63) is 58.1 Å². The minimum absolute atomic E-state index is 0.0879. The molecule has 0 saturated carbocycles. The Morgan fingerprint density at radius 3 is 2.54 bits per heavy atom. The van der Waals surface area contributed by atoms with Gasteiger partial charge in [0.15, 0.2) is 0 Å². The van der Waals surface area contributed by atoms with Crippen LogP contribution in [-0.2, 0) is 10.0 Å². The van der Waals surface area contributed by atoms with Gasteiger partial charge in [-0.25, -0.2) is 8.42 Å². The van der Waals surface area contributed by atoms with Crippen LogP contribution in [0.1, 0.15) is 5.56 Å². The van der Waals surface area contributed by atoms with Crippen molar-refractivity contribution in [2.24, 2.45) is 0 Å². The zero-order valence-corrected chi connectivity index (χ0v) is 15.1. The van der Waals surface area contributed by atoms with E-state index in [1.165, 1.54) is 16.4 Å². The summed E-state index contributed by atoms with van der Waals surface area (Å²) in [5.41, 5.74) is 1.80. The highest BCUT2D eigenvalue weighted by atomic mass is 32.2. The van der Waals surface area contributed by atoms with Crippen molar-refractivity contribution in [2.45, 2.75) is 11.8 Å². The second-order valence-electron chi connectivity index (χ2n) is 6.09. The number of nitrogens with one attached hydrogen (secondary N) is 2. The number of non-ortho nitro benzene ring substituents is 1. The SMILES string of the molecule is Cc1cccc(Nc2ccc([N+](=O)[O-])cc2S(=O)(=O)N2CCNCC2)c1. The molecule has 2 aromatic rings. The largest absolute Gasteiger partial charge is 0.354 e. The van der Waals surface area contributed by atoms with Crippen LogP contribution in [-0.4, -0.2) is 43.8 Å². The number of rotatable bonds is 5. The van der Waals surface area contributed by atoms with Crippen molar-refractivity contribution in [2.75, 3.05) is 31.5 Å². The summed E-state index contributed by atoms with van der Waals surface area (Å²) in [6.45, 7) is 3.69. The van der Waals surface area contributed by atoms with Crippen LogP contribution in [0.15, 0.2) is 47.4 Å². The molecule has 1 heterocycles. The van der Waals surface area contributed by atoms with Crippen LogP contribution >= 0.6 is 0 Å². The van der Waals surface area contributed by atoms with E-state index < -0.39 is 14.9 Å². The highest BCUT2D eigenvalue weighted by Crippen LogP contribution is 2.31. The number of sulfonamides is 1. The quantitative estimate of drug-likeness (QED) is 0.613. The summed E-state index contributed by atoms with van der Waals surface area (Å²) >= 11 is 0. The Morgan fingerprint density at radius 2 is 1.88 bits per heavy atom. The fraction of sp³-hybridized carbons (Fsp3) is 0.294. The van der Waals surface area contributed by atoms with Gasteiger partial charge < -0.3 is 10.6 Å². The molecule has 0 aliphatic carbocycles. The number of hydrogen-bond donors (Lipinski definition) is 2. The Bertz CT molecular complexity index is 924. The van der Waals surface area contributed by atoms with Gasteiger partial charge in [-0.15, -0.1) is 0 Å². The van der Waals surface area contributed by atoms with Gasteiger partial charge in [-0.05, 0) is 30.7 Å². The van der Waals surface area contributed by atoms with Crippen molar-refractivity contribution < 1.29 is 13.3 Å². The number of nitrogens with zero attached hydrogens (tertiary/aromatic N) is 2. The van der Waals surface area contributed by atoms with Crippen molar-refractivity contribution in [1.82, 2.24) is 9.62 Å². The number of anilines is 2. The topological polar surface area (TPSA) is 105 Å². The Balaban J connectivity index is 2.05. The maximum Gasteiger partial charge on any atom is 0.270 e. The molecule has 0 unspecified atom stereocenters. The standard InChI is InChI=1S/C17H20N4O4S/c1-13-3-2-4-14(11-13)19-16-6-5-15(21(22)23)12-17(16)26(24,25)20-9-7-18-8-10-20/h2-6,11-12,18-19H,7-10H2,1H3. The molecule has 0 amide bonds. The van der Waals surface area contributed by atoms with Crippen LogP contribution in [0, 0.1) is 17.0 Å². The van der Waals surface area contributed by atoms with E-state index >= 15 is 0 Å². The van der Waals surface area contributed by atoms with Gasteiger partial charge in [0.2, 0.25) is 10.0 Å². The molecule has 1 aliphatic rings. The van der Waals surface area contributed by atoms with Crippen molar-refractivity contribution in [3.63, 3.8) is 0 Å². The molecule has 138 valence electrons. The first-order valence-electron chi connectivity index (χ1n) is 8.21. The van der Waals surface area contributed by atoms with Gasteiger partial charge in [0.05, 0.1) is 10.6 Å². The normalized spacial score (nSPS) is 15.6. The van der Waals surface area contributed by atoms with E-state index in [-0.39, 0.29) is 10.6 Å². The number of nitro benzene ring substituents is 1. The smallest absolute Gasteiger partial charge is 0.270 e. The van der Waals surface area contributed by atoms with Gasteiger partial charge >= 0.3 is 0 Å². The first-order valence-corrected chi connectivity index (χ1v) is 9.65. The summed E-state index contributed by atoms with van der Waals surface area (Å²) in [7, 11) is -3.85. The molecule has 26 heavy (non-hydrogen) atoms. The summed E-state index contributed by atoms with van der Waals surface area (Å²) in [4.78, 5) is 10.5. The van der Waals surface area contributed by atoms with Gasteiger partial charge in [-0.1, -0.05) is 12.1 Å². The van der Waals surface area contributed by atoms with Gasteiger partial charge in [-0.2, -0.15) is 4.31 Å². The highest BCUT2D eigenvalue weighted by Gasteiger charge is 2.30. The second-order valence-corrected chi connectivity index (χ2v) is 7.99. The van der Waals surface area contributed by atoms with Crippen LogP contribution in [0.4, 0.5) is 17.1 Å². The molecule has 9 heteroatoms. The monoisotopic (exact) mass is 376 g/mol. The predicted octanol–water partition coefficient (Wildman–Crippen LogP) is 2.24. The number of hydrogen-bond acceptors (Lipinski definition) is 6. The molecular weight excluding hydrogens is 356 g/mol. The third-order valence-corrected chi connectivity index (χ3v) is 6.11. The number of piperazine rings is 1. The van der Waals surface area contributed by atoms with Gasteiger partial charge in [0, 0.05) is 44.0 Å². The molecule has 0 spiro atoms. The first kappa shape index (κ1) is 18.3. The molecular formula is C17H20N4O4S. The van der Waals surface area contributed by atoms with Gasteiger partial charge in [-0.3, -0.25) is 10.1 Å². The molecule has 2 N–H and O–H groups in total. The first-order chi connectivity index (χ1) is 12.4. The Kier molecular flexibility index (Phi) is 5.21. The molecule has 1 saturated heterocycles. The summed E-state index contributed by atoms with van der Waals surface area (Å²) < 4.78 is 27.5. The fourth-order valence-electron chi connectivity index (χ4n) is 2.84. The Labute approximate surface area is 152 Å². The predicted molar refractivity (Wildman–Crippen MR) is 99.2 cm³/mol. The molecule has 3 rings (SSSR count). The average Bonchev–Trinajstić information content (AvgIpc) is 2.62. The van der Waals surface area contributed by atoms with Crippen molar-refractivity contribution >= 4 is 27.1 Å². The molecule has 8 nitrogen and oxygen atoms in total. The number of benzene rings is 2. The minimum Gasteiger partial charge on any atom is -0.354 e. The summed E-state index contributed by atoms with van der Waals surface area (Å²) in [6, 6.07) is 11.3. The van der Waals surface area contributed by atoms with Crippen LogP contribution in [0.2, 0.25) is 0 Å². The van der Waals surface area contributed by atoms with Crippen molar-refractivity contribution in [1.29, 1.82) is 0 Å². The molecule has 0 aromatic heterocycles. The van der Waals surface area contributed by atoms with E-state index in [4.69, 9.17) is 0 Å². The molecule has 0 bridgehead atoms. The van der Waals surface area contributed by atoms with E-state index in [1.54, 1.807) is 0 Å². The third kappa shape index (κ3) is 3.85. The van der Waals surface area contributed by atoms with E-state index in [2.05, 4.69) is 10.6 Å². The number of nitro groups is 1. The lowest BCUT2D eigenvalue weighted by atomic mass is 10.2. The summed E-state index contributed by atoms with van der Waals surface area (Å²) in [5, 5.41) is 17.3. The van der Waals surface area contributed by atoms with E-state index in [9.17, 15) is 18.5 Å². The lowest BCUT2D eigenvalue weighted by Crippen LogP contribution is -2.46. The fourth-order valence-corrected chi connectivity index (χ4v) is 4.45. The van der Waals surface area contributed by atoms with Crippen LogP contribution in [0.5, 0.6) is 0 Å².